The van der Waals surface area contributed by atoms with Gasteiger partial charge in [0.1, 0.15) is 0 Å². The molecule has 1 unspecified atom stereocenters. The Morgan fingerprint density at radius 2 is 1.64 bits per heavy atom. The number of benzene rings is 1. The van der Waals surface area contributed by atoms with E-state index in [1.54, 1.807) is 12.4 Å². The van der Waals surface area contributed by atoms with Crippen molar-refractivity contribution in [2.75, 3.05) is 11.9 Å². The van der Waals surface area contributed by atoms with Gasteiger partial charge in [-0.2, -0.15) is 0 Å². The molecule has 1 atom stereocenters. The van der Waals surface area contributed by atoms with Gasteiger partial charge in [0.05, 0.1) is 0 Å². The lowest BCUT2D eigenvalue weighted by atomic mass is 10.1. The van der Waals surface area contributed by atoms with E-state index in [4.69, 9.17) is 5.73 Å². The minimum atomic E-state index is -0.175. The third kappa shape index (κ3) is 6.02. The van der Waals surface area contributed by atoms with Gasteiger partial charge in [-0.1, -0.05) is 19.1 Å². The number of amides is 1. The molecule has 0 radical (unpaired) electrons. The second kappa shape index (κ2) is 10.2. The summed E-state index contributed by atoms with van der Waals surface area (Å²) < 4.78 is 0. The van der Waals surface area contributed by atoms with Crippen LogP contribution in [0.5, 0.6) is 0 Å². The zero-order valence-electron chi connectivity index (χ0n) is 12.4. The number of halogens is 2. The first-order chi connectivity index (χ1) is 9.69. The Hall–Kier alpha value is -1.62. The van der Waals surface area contributed by atoms with E-state index in [9.17, 15) is 4.79 Å². The maximum absolute atomic E-state index is 11.7. The number of hydrogen-bond acceptors (Lipinski definition) is 3. The summed E-state index contributed by atoms with van der Waals surface area (Å²) >= 11 is 0. The number of pyridine rings is 1. The highest BCUT2D eigenvalue weighted by Gasteiger charge is 2.10. The molecule has 2 rings (SSSR count). The van der Waals surface area contributed by atoms with Crippen LogP contribution in [0.25, 0.3) is 0 Å². The fourth-order valence-electron chi connectivity index (χ4n) is 1.81. The van der Waals surface area contributed by atoms with Crippen LogP contribution in [0.4, 0.5) is 5.69 Å². The quantitative estimate of drug-likeness (QED) is 0.878. The molecule has 2 aromatic rings. The Kier molecular flexibility index (Phi) is 9.42. The van der Waals surface area contributed by atoms with Crippen molar-refractivity contribution in [2.24, 2.45) is 11.7 Å². The predicted octanol–water partition coefficient (Wildman–Crippen LogP) is 3.05. The zero-order valence-corrected chi connectivity index (χ0v) is 14.0. The molecule has 0 saturated heterocycles. The molecule has 0 bridgehead atoms. The minimum absolute atomic E-state index is 0. The Bertz CT molecular complexity index is 561. The van der Waals surface area contributed by atoms with Crippen molar-refractivity contribution in [3.05, 3.63) is 59.9 Å². The van der Waals surface area contributed by atoms with Crippen molar-refractivity contribution < 1.29 is 4.79 Å². The second-order valence-electron chi connectivity index (χ2n) is 4.86. The maximum atomic E-state index is 11.7. The number of rotatable bonds is 5. The van der Waals surface area contributed by atoms with Gasteiger partial charge in [0.2, 0.25) is 5.91 Å². The first kappa shape index (κ1) is 20.4. The Labute approximate surface area is 143 Å². The van der Waals surface area contributed by atoms with Gasteiger partial charge in [-0.3, -0.25) is 9.78 Å². The van der Waals surface area contributed by atoms with Gasteiger partial charge >= 0.3 is 0 Å². The molecule has 1 aromatic carbocycles. The molecule has 0 aliphatic rings. The molecule has 0 saturated carbocycles. The summed E-state index contributed by atoms with van der Waals surface area (Å²) in [6.45, 7) is 2.17. The van der Waals surface area contributed by atoms with Gasteiger partial charge < -0.3 is 11.1 Å². The number of nitrogens with two attached hydrogens (primary N) is 1. The average molecular weight is 342 g/mol. The third-order valence-corrected chi connectivity index (χ3v) is 3.18. The first-order valence-corrected chi connectivity index (χ1v) is 6.68. The molecule has 6 heteroatoms. The van der Waals surface area contributed by atoms with E-state index in [0.717, 1.165) is 12.1 Å². The van der Waals surface area contributed by atoms with Gasteiger partial charge in [-0.25, -0.2) is 0 Å². The topological polar surface area (TPSA) is 68.0 Å². The van der Waals surface area contributed by atoms with E-state index >= 15 is 0 Å². The van der Waals surface area contributed by atoms with Gasteiger partial charge in [0, 0.05) is 30.5 Å². The van der Waals surface area contributed by atoms with E-state index in [2.05, 4.69) is 10.3 Å². The van der Waals surface area contributed by atoms with Gasteiger partial charge in [-0.15, -0.1) is 24.8 Å². The molecule has 120 valence electrons. The van der Waals surface area contributed by atoms with Gasteiger partial charge in [0.15, 0.2) is 0 Å². The number of nitrogens with zero attached hydrogens (tertiary/aromatic N) is 1. The number of carbonyl (C=O) groups is 1. The summed E-state index contributed by atoms with van der Waals surface area (Å²) in [5.41, 5.74) is 8.68. The maximum Gasteiger partial charge on any atom is 0.228 e. The van der Waals surface area contributed by atoms with Crippen LogP contribution >= 0.6 is 24.8 Å². The molecule has 0 fully saturated rings. The van der Waals surface area contributed by atoms with E-state index in [-0.39, 0.29) is 36.6 Å². The molecule has 3 N–H and O–H groups in total. The molecule has 1 heterocycles. The summed E-state index contributed by atoms with van der Waals surface area (Å²) in [6.07, 6.45) is 4.44. The monoisotopic (exact) mass is 341 g/mol. The summed E-state index contributed by atoms with van der Waals surface area (Å²) in [5.74, 6) is -0.221. The molecule has 4 nitrogen and oxygen atoms in total. The van der Waals surface area contributed by atoms with Crippen molar-refractivity contribution in [3.8, 4) is 0 Å². The highest BCUT2D eigenvalue weighted by atomic mass is 35.5. The zero-order chi connectivity index (χ0) is 14.4. The molecule has 0 aliphatic heterocycles. The molecule has 0 aliphatic carbocycles. The van der Waals surface area contributed by atoms with Crippen LogP contribution in [-0.4, -0.2) is 17.4 Å². The number of anilines is 1. The number of aromatic nitrogens is 1. The fourth-order valence-corrected chi connectivity index (χ4v) is 1.81. The largest absolute Gasteiger partial charge is 0.330 e. The molecule has 1 amide bonds. The summed E-state index contributed by atoms with van der Waals surface area (Å²) in [6, 6.07) is 11.9. The Morgan fingerprint density at radius 1 is 1.09 bits per heavy atom. The van der Waals surface area contributed by atoms with Gasteiger partial charge in [-0.05, 0) is 41.8 Å². The highest BCUT2D eigenvalue weighted by Crippen LogP contribution is 2.14. The Balaban J connectivity index is 0.00000220. The van der Waals surface area contributed by atoms with Crippen molar-refractivity contribution in [1.82, 2.24) is 4.98 Å². The lowest BCUT2D eigenvalue weighted by Crippen LogP contribution is -2.26. The standard InChI is InChI=1S/C16H19N3O.2ClH/c1-12(11-17)16(20)19-15-4-2-13(3-5-15)10-14-6-8-18-9-7-14;;/h2-9,12H,10-11,17H2,1H3,(H,19,20);2*1H. The highest BCUT2D eigenvalue weighted by molar-refractivity contribution is 5.92. The smallest absolute Gasteiger partial charge is 0.228 e. The molecule has 1 aromatic heterocycles. The Morgan fingerprint density at radius 3 is 2.18 bits per heavy atom. The summed E-state index contributed by atoms with van der Waals surface area (Å²) in [5, 5.41) is 2.85. The van der Waals surface area contributed by atoms with Crippen LogP contribution in [0.3, 0.4) is 0 Å². The SMILES string of the molecule is CC(CN)C(=O)Nc1ccc(Cc2ccncc2)cc1.Cl.Cl. The summed E-state index contributed by atoms with van der Waals surface area (Å²) in [7, 11) is 0. The number of hydrogen-bond donors (Lipinski definition) is 2. The van der Waals surface area contributed by atoms with E-state index in [1.165, 1.54) is 11.1 Å². The first-order valence-electron chi connectivity index (χ1n) is 6.68. The normalized spacial score (nSPS) is 10.8. The van der Waals surface area contributed by atoms with Crippen LogP contribution < -0.4 is 11.1 Å². The van der Waals surface area contributed by atoms with Crippen LogP contribution in [0.1, 0.15) is 18.1 Å². The van der Waals surface area contributed by atoms with Crippen molar-refractivity contribution in [3.63, 3.8) is 0 Å². The molecular weight excluding hydrogens is 321 g/mol. The van der Waals surface area contributed by atoms with E-state index < -0.39 is 0 Å². The van der Waals surface area contributed by atoms with Crippen molar-refractivity contribution >= 4 is 36.4 Å². The molecule has 22 heavy (non-hydrogen) atoms. The van der Waals surface area contributed by atoms with Crippen LogP contribution in [-0.2, 0) is 11.2 Å². The number of carbonyl (C=O) groups excluding carboxylic acids is 1. The third-order valence-electron chi connectivity index (χ3n) is 3.18. The van der Waals surface area contributed by atoms with Crippen LogP contribution in [0, 0.1) is 5.92 Å². The van der Waals surface area contributed by atoms with E-state index in [1.807, 2.05) is 43.3 Å². The molecular formula is C16H21Cl2N3O. The lowest BCUT2D eigenvalue weighted by Gasteiger charge is -2.10. The van der Waals surface area contributed by atoms with Crippen molar-refractivity contribution in [2.45, 2.75) is 13.3 Å². The van der Waals surface area contributed by atoms with Crippen LogP contribution in [0.2, 0.25) is 0 Å². The van der Waals surface area contributed by atoms with E-state index in [0.29, 0.717) is 6.54 Å². The average Bonchev–Trinajstić information content (AvgIpc) is 2.49. The minimum Gasteiger partial charge on any atom is -0.330 e. The molecule has 0 spiro atoms. The van der Waals surface area contributed by atoms with Crippen LogP contribution in [0.15, 0.2) is 48.8 Å². The van der Waals surface area contributed by atoms with Gasteiger partial charge in [0.25, 0.3) is 0 Å². The lowest BCUT2D eigenvalue weighted by molar-refractivity contribution is -0.119. The van der Waals surface area contributed by atoms with Crippen molar-refractivity contribution in [1.29, 1.82) is 0 Å². The predicted molar refractivity (Wildman–Crippen MR) is 94.8 cm³/mol. The second-order valence-corrected chi connectivity index (χ2v) is 4.86. The summed E-state index contributed by atoms with van der Waals surface area (Å²) in [4.78, 5) is 15.7. The number of nitrogens with one attached hydrogen (secondary N) is 1. The fraction of sp³-hybridized carbons (Fsp3) is 0.250.